The molecule has 0 amide bonds. The molecule has 118 valence electrons. The standard InChI is InChI=1S/C18H25N3S/c1-14-4-5-16(22-14)13-21-11-8-17(20(2)3)18(21)12-15-6-9-19-10-7-15/h4-7,9-10,17-18H,8,11-13H2,1-3H3/t17-,18+/m1/s1. The topological polar surface area (TPSA) is 19.4 Å². The average Bonchev–Trinajstić information content (AvgIpc) is 3.08. The van der Waals surface area contributed by atoms with Gasteiger partial charge < -0.3 is 4.90 Å². The number of hydrogen-bond donors (Lipinski definition) is 0. The van der Waals surface area contributed by atoms with Crippen molar-refractivity contribution in [2.24, 2.45) is 0 Å². The van der Waals surface area contributed by atoms with Gasteiger partial charge in [0, 0.05) is 47.3 Å². The van der Waals surface area contributed by atoms with Crippen molar-refractivity contribution in [2.75, 3.05) is 20.6 Å². The molecule has 0 bridgehead atoms. The molecule has 1 fully saturated rings. The summed E-state index contributed by atoms with van der Waals surface area (Å²) in [6.45, 7) is 4.46. The molecular weight excluding hydrogens is 290 g/mol. The Morgan fingerprint density at radius 1 is 1.23 bits per heavy atom. The maximum absolute atomic E-state index is 4.14. The van der Waals surface area contributed by atoms with Gasteiger partial charge >= 0.3 is 0 Å². The van der Waals surface area contributed by atoms with E-state index in [2.05, 4.69) is 60.1 Å². The van der Waals surface area contributed by atoms with Gasteiger partial charge in [0.1, 0.15) is 0 Å². The van der Waals surface area contributed by atoms with Crippen molar-refractivity contribution in [3.8, 4) is 0 Å². The molecule has 3 nitrogen and oxygen atoms in total. The molecule has 0 unspecified atom stereocenters. The lowest BCUT2D eigenvalue weighted by molar-refractivity contribution is 0.179. The summed E-state index contributed by atoms with van der Waals surface area (Å²) in [5.41, 5.74) is 1.39. The third kappa shape index (κ3) is 3.57. The van der Waals surface area contributed by atoms with Crippen LogP contribution in [0.3, 0.4) is 0 Å². The van der Waals surface area contributed by atoms with Crippen LogP contribution in [0, 0.1) is 6.92 Å². The highest BCUT2D eigenvalue weighted by atomic mass is 32.1. The minimum atomic E-state index is 0.583. The lowest BCUT2D eigenvalue weighted by Crippen LogP contribution is -2.43. The SMILES string of the molecule is Cc1ccc(CN2CC[C@@H](N(C)C)[C@@H]2Cc2ccncc2)s1. The van der Waals surface area contributed by atoms with Gasteiger partial charge in [-0.2, -0.15) is 0 Å². The highest BCUT2D eigenvalue weighted by Gasteiger charge is 2.35. The molecule has 3 heterocycles. The van der Waals surface area contributed by atoms with E-state index in [0.717, 1.165) is 13.0 Å². The smallest absolute Gasteiger partial charge is 0.0331 e. The number of likely N-dealkylation sites (tertiary alicyclic amines) is 1. The van der Waals surface area contributed by atoms with Crippen LogP contribution < -0.4 is 0 Å². The molecule has 0 N–H and O–H groups in total. The number of likely N-dealkylation sites (N-methyl/N-ethyl adjacent to an activating group) is 1. The fourth-order valence-corrected chi connectivity index (χ4v) is 4.41. The van der Waals surface area contributed by atoms with Gasteiger partial charge in [-0.3, -0.25) is 9.88 Å². The summed E-state index contributed by atoms with van der Waals surface area (Å²) in [4.78, 5) is 12.1. The molecule has 0 aliphatic carbocycles. The average molecular weight is 315 g/mol. The molecule has 2 atom stereocenters. The van der Waals surface area contributed by atoms with Gasteiger partial charge in [0.25, 0.3) is 0 Å². The fourth-order valence-electron chi connectivity index (χ4n) is 3.49. The minimum Gasteiger partial charge on any atom is -0.305 e. The summed E-state index contributed by atoms with van der Waals surface area (Å²) in [6.07, 6.45) is 6.17. The number of nitrogens with zero attached hydrogens (tertiary/aromatic N) is 3. The molecule has 0 spiro atoms. The molecule has 2 aromatic heterocycles. The van der Waals surface area contributed by atoms with Gasteiger partial charge in [-0.05, 0) is 63.7 Å². The van der Waals surface area contributed by atoms with Gasteiger partial charge in [-0.1, -0.05) is 0 Å². The largest absolute Gasteiger partial charge is 0.305 e. The van der Waals surface area contributed by atoms with E-state index in [0.29, 0.717) is 12.1 Å². The van der Waals surface area contributed by atoms with Crippen LogP contribution in [0.15, 0.2) is 36.7 Å². The van der Waals surface area contributed by atoms with Crippen LogP contribution in [-0.4, -0.2) is 47.5 Å². The van der Waals surface area contributed by atoms with Gasteiger partial charge in [-0.15, -0.1) is 11.3 Å². The van der Waals surface area contributed by atoms with Gasteiger partial charge in [0.05, 0.1) is 0 Å². The molecule has 2 aromatic rings. The van der Waals surface area contributed by atoms with E-state index in [-0.39, 0.29) is 0 Å². The zero-order valence-corrected chi connectivity index (χ0v) is 14.5. The van der Waals surface area contributed by atoms with Crippen LogP contribution in [0.25, 0.3) is 0 Å². The molecule has 0 aromatic carbocycles. The summed E-state index contributed by atoms with van der Waals surface area (Å²) in [6, 6.07) is 10.0. The summed E-state index contributed by atoms with van der Waals surface area (Å²) in [7, 11) is 4.42. The minimum absolute atomic E-state index is 0.583. The first-order chi connectivity index (χ1) is 10.6. The van der Waals surface area contributed by atoms with Crippen molar-refractivity contribution >= 4 is 11.3 Å². The third-order valence-corrected chi connectivity index (χ3v) is 5.62. The predicted octanol–water partition coefficient (Wildman–Crippen LogP) is 3.20. The van der Waals surface area contributed by atoms with Gasteiger partial charge in [0.15, 0.2) is 0 Å². The van der Waals surface area contributed by atoms with Crippen molar-refractivity contribution in [3.63, 3.8) is 0 Å². The van der Waals surface area contributed by atoms with Gasteiger partial charge in [0.2, 0.25) is 0 Å². The molecule has 0 radical (unpaired) electrons. The first kappa shape index (κ1) is 15.7. The van der Waals surface area contributed by atoms with E-state index in [1.54, 1.807) is 0 Å². The van der Waals surface area contributed by atoms with Crippen molar-refractivity contribution in [2.45, 2.75) is 38.4 Å². The van der Waals surface area contributed by atoms with Crippen molar-refractivity contribution in [1.29, 1.82) is 0 Å². The maximum Gasteiger partial charge on any atom is 0.0331 e. The highest BCUT2D eigenvalue weighted by Crippen LogP contribution is 2.28. The zero-order valence-electron chi connectivity index (χ0n) is 13.7. The number of thiophene rings is 1. The lowest BCUT2D eigenvalue weighted by Gasteiger charge is -2.31. The summed E-state index contributed by atoms with van der Waals surface area (Å²) >= 11 is 1.93. The number of pyridine rings is 1. The molecule has 22 heavy (non-hydrogen) atoms. The van der Waals surface area contributed by atoms with Crippen molar-refractivity contribution < 1.29 is 0 Å². The lowest BCUT2D eigenvalue weighted by atomic mass is 10.00. The Balaban J connectivity index is 1.76. The Morgan fingerprint density at radius 2 is 2.00 bits per heavy atom. The Kier molecular flexibility index (Phi) is 4.91. The summed E-state index contributed by atoms with van der Waals surface area (Å²) in [5, 5.41) is 0. The summed E-state index contributed by atoms with van der Waals surface area (Å²) in [5.74, 6) is 0. The van der Waals surface area contributed by atoms with E-state index in [4.69, 9.17) is 0 Å². The maximum atomic E-state index is 4.14. The third-order valence-electron chi connectivity index (χ3n) is 4.64. The number of rotatable bonds is 5. The highest BCUT2D eigenvalue weighted by molar-refractivity contribution is 7.11. The number of aryl methyl sites for hydroxylation is 1. The van der Waals surface area contributed by atoms with Crippen LogP contribution in [0.5, 0.6) is 0 Å². The van der Waals surface area contributed by atoms with E-state index in [1.165, 1.54) is 28.3 Å². The van der Waals surface area contributed by atoms with E-state index in [1.807, 2.05) is 23.7 Å². The van der Waals surface area contributed by atoms with Gasteiger partial charge in [-0.25, -0.2) is 0 Å². The molecule has 3 rings (SSSR count). The molecule has 0 saturated carbocycles. The van der Waals surface area contributed by atoms with Crippen LogP contribution in [0.2, 0.25) is 0 Å². The first-order valence-electron chi connectivity index (χ1n) is 7.98. The van der Waals surface area contributed by atoms with Crippen LogP contribution in [0.4, 0.5) is 0 Å². The second kappa shape index (κ2) is 6.90. The molecule has 1 aliphatic rings. The van der Waals surface area contributed by atoms with Crippen molar-refractivity contribution in [3.05, 3.63) is 52.0 Å². The van der Waals surface area contributed by atoms with E-state index in [9.17, 15) is 0 Å². The molecule has 4 heteroatoms. The number of hydrogen-bond acceptors (Lipinski definition) is 4. The Hall–Kier alpha value is -1.23. The number of aromatic nitrogens is 1. The zero-order chi connectivity index (χ0) is 15.5. The predicted molar refractivity (Wildman–Crippen MR) is 93.3 cm³/mol. The Labute approximate surface area is 137 Å². The van der Waals surface area contributed by atoms with Crippen LogP contribution in [0.1, 0.15) is 21.7 Å². The van der Waals surface area contributed by atoms with Crippen LogP contribution in [-0.2, 0) is 13.0 Å². The first-order valence-corrected chi connectivity index (χ1v) is 8.80. The van der Waals surface area contributed by atoms with E-state index < -0.39 is 0 Å². The second-order valence-electron chi connectivity index (χ2n) is 6.43. The summed E-state index contributed by atoms with van der Waals surface area (Å²) < 4.78 is 0. The molecular formula is C18H25N3S. The normalized spacial score (nSPS) is 22.5. The Morgan fingerprint density at radius 3 is 2.64 bits per heavy atom. The van der Waals surface area contributed by atoms with Crippen LogP contribution >= 0.6 is 11.3 Å². The van der Waals surface area contributed by atoms with Crippen molar-refractivity contribution in [1.82, 2.24) is 14.8 Å². The molecule has 1 saturated heterocycles. The molecule has 1 aliphatic heterocycles. The fraction of sp³-hybridized carbons (Fsp3) is 0.500. The quantitative estimate of drug-likeness (QED) is 0.845. The monoisotopic (exact) mass is 315 g/mol. The Bertz CT molecular complexity index is 593. The van der Waals surface area contributed by atoms with E-state index >= 15 is 0 Å². The second-order valence-corrected chi connectivity index (χ2v) is 7.80.